The second-order valence-corrected chi connectivity index (χ2v) is 3.30. The number of hydrogen-bond acceptors (Lipinski definition) is 2. The van der Waals surface area contributed by atoms with Gasteiger partial charge in [-0.15, -0.1) is 12.6 Å². The Hall–Kier alpha value is -0.440. The Balaban J connectivity index is 3.20. The van der Waals surface area contributed by atoms with Gasteiger partial charge in [0.15, 0.2) is 0 Å². The van der Waals surface area contributed by atoms with Crippen molar-refractivity contribution >= 4 is 18.5 Å². The number of hydrogen-bond donors (Lipinski definition) is 2. The van der Waals surface area contributed by atoms with E-state index in [1.165, 1.54) is 19.3 Å². The predicted molar refractivity (Wildman–Crippen MR) is 55.3 cm³/mol. The number of carbonyl (C=O) groups excluding carboxylic acids is 1. The molecule has 0 saturated carbocycles. The Kier molecular flexibility index (Phi) is 6.96. The molecule has 0 aromatic rings. The van der Waals surface area contributed by atoms with E-state index in [0.717, 1.165) is 13.0 Å². The van der Waals surface area contributed by atoms with Gasteiger partial charge in [0.25, 0.3) is 5.91 Å². The molecule has 0 spiro atoms. The average Bonchev–Trinajstić information content (AvgIpc) is 2.03. The Morgan fingerprint density at radius 3 is 2.58 bits per heavy atom. The highest BCUT2D eigenvalue weighted by atomic mass is 32.1. The van der Waals surface area contributed by atoms with E-state index in [0.29, 0.717) is 0 Å². The van der Waals surface area contributed by atoms with Crippen molar-refractivity contribution < 1.29 is 4.79 Å². The summed E-state index contributed by atoms with van der Waals surface area (Å²) in [5.41, 5.74) is 0. The van der Waals surface area contributed by atoms with Crippen molar-refractivity contribution in [2.75, 3.05) is 6.54 Å². The Morgan fingerprint density at radius 1 is 1.42 bits per heavy atom. The lowest BCUT2D eigenvalue weighted by atomic mass is 10.2. The van der Waals surface area contributed by atoms with Gasteiger partial charge in [0.2, 0.25) is 0 Å². The fraction of sp³-hybridized carbons (Fsp3) is 0.667. The molecule has 2 nitrogen and oxygen atoms in total. The van der Waals surface area contributed by atoms with E-state index in [1.54, 1.807) is 0 Å². The van der Waals surface area contributed by atoms with Gasteiger partial charge in [-0.25, -0.2) is 0 Å². The van der Waals surface area contributed by atoms with Crippen LogP contribution in [0, 0.1) is 0 Å². The molecule has 1 N–H and O–H groups in total. The van der Waals surface area contributed by atoms with E-state index in [-0.39, 0.29) is 10.8 Å². The van der Waals surface area contributed by atoms with Gasteiger partial charge in [0.1, 0.15) is 0 Å². The summed E-state index contributed by atoms with van der Waals surface area (Å²) in [6.45, 7) is 6.32. The molecule has 0 aliphatic heterocycles. The van der Waals surface area contributed by atoms with E-state index in [2.05, 4.69) is 31.4 Å². The van der Waals surface area contributed by atoms with Crippen molar-refractivity contribution in [1.29, 1.82) is 0 Å². The fourth-order valence-electron chi connectivity index (χ4n) is 0.856. The summed E-state index contributed by atoms with van der Waals surface area (Å²) in [4.78, 5) is 11.2. The topological polar surface area (TPSA) is 29.1 Å². The molecule has 0 aliphatic rings. The molecule has 3 heteroatoms. The van der Waals surface area contributed by atoms with Crippen LogP contribution in [0.5, 0.6) is 0 Å². The maximum absolute atomic E-state index is 10.9. The van der Waals surface area contributed by atoms with Gasteiger partial charge >= 0.3 is 0 Å². The van der Waals surface area contributed by atoms with Crippen molar-refractivity contribution in [1.82, 2.24) is 5.32 Å². The largest absolute Gasteiger partial charge is 0.352 e. The van der Waals surface area contributed by atoms with Crippen LogP contribution in [0.3, 0.4) is 0 Å². The Morgan fingerprint density at radius 2 is 2.08 bits per heavy atom. The maximum Gasteiger partial charge on any atom is 0.256 e. The molecular formula is C9H17NOS. The molecule has 0 aromatic carbocycles. The maximum atomic E-state index is 10.9. The minimum atomic E-state index is -0.158. The third-order valence-electron chi connectivity index (χ3n) is 1.58. The van der Waals surface area contributed by atoms with Crippen LogP contribution in [0.25, 0.3) is 0 Å². The highest BCUT2D eigenvalue weighted by Gasteiger charge is 1.99. The third-order valence-corrected chi connectivity index (χ3v) is 1.78. The molecule has 0 heterocycles. The molecule has 0 radical (unpaired) electrons. The van der Waals surface area contributed by atoms with E-state index < -0.39 is 0 Å². The highest BCUT2D eigenvalue weighted by Crippen LogP contribution is 1.98. The van der Waals surface area contributed by atoms with Gasteiger partial charge in [0.05, 0.1) is 4.91 Å². The van der Waals surface area contributed by atoms with Crippen LogP contribution in [0.2, 0.25) is 0 Å². The van der Waals surface area contributed by atoms with Crippen LogP contribution in [0.15, 0.2) is 11.5 Å². The SMILES string of the molecule is C=C(S)C(=O)NCCCCCC. The molecule has 70 valence electrons. The normalized spacial score (nSPS) is 9.50. The summed E-state index contributed by atoms with van der Waals surface area (Å²) in [6, 6.07) is 0. The molecule has 0 rings (SSSR count). The van der Waals surface area contributed by atoms with Crippen molar-refractivity contribution in [3.63, 3.8) is 0 Å². The second kappa shape index (κ2) is 7.22. The fourth-order valence-corrected chi connectivity index (χ4v) is 0.935. The number of rotatable bonds is 6. The first-order valence-electron chi connectivity index (χ1n) is 4.34. The molecule has 0 fully saturated rings. The lowest BCUT2D eigenvalue weighted by Crippen LogP contribution is -2.23. The molecule has 0 bridgehead atoms. The first kappa shape index (κ1) is 11.6. The van der Waals surface area contributed by atoms with Crippen molar-refractivity contribution in [2.24, 2.45) is 0 Å². The summed E-state index contributed by atoms with van der Waals surface area (Å²) in [5, 5.41) is 2.73. The minimum absolute atomic E-state index is 0.158. The van der Waals surface area contributed by atoms with Crippen LogP contribution in [0.1, 0.15) is 32.6 Å². The molecule has 0 saturated heterocycles. The van der Waals surface area contributed by atoms with E-state index in [4.69, 9.17) is 0 Å². The lowest BCUT2D eigenvalue weighted by molar-refractivity contribution is -0.116. The van der Waals surface area contributed by atoms with Gasteiger partial charge in [-0.2, -0.15) is 0 Å². The number of nitrogens with one attached hydrogen (secondary N) is 1. The van der Waals surface area contributed by atoms with Gasteiger partial charge < -0.3 is 5.32 Å². The van der Waals surface area contributed by atoms with Gasteiger partial charge in [-0.05, 0) is 6.42 Å². The summed E-state index contributed by atoms with van der Waals surface area (Å²) in [6.07, 6.45) is 4.67. The number of unbranched alkanes of at least 4 members (excludes halogenated alkanes) is 3. The van der Waals surface area contributed by atoms with Crippen LogP contribution < -0.4 is 5.32 Å². The van der Waals surface area contributed by atoms with Gasteiger partial charge in [0, 0.05) is 6.54 Å². The average molecular weight is 187 g/mol. The summed E-state index contributed by atoms with van der Waals surface area (Å²) >= 11 is 3.83. The highest BCUT2D eigenvalue weighted by molar-refractivity contribution is 7.85. The van der Waals surface area contributed by atoms with E-state index in [1.807, 2.05) is 0 Å². The molecule has 0 atom stereocenters. The van der Waals surface area contributed by atoms with Crippen LogP contribution in [-0.4, -0.2) is 12.5 Å². The molecule has 0 aromatic heterocycles. The van der Waals surface area contributed by atoms with E-state index in [9.17, 15) is 4.79 Å². The zero-order chi connectivity index (χ0) is 9.40. The molecule has 1 amide bonds. The van der Waals surface area contributed by atoms with Crippen LogP contribution >= 0.6 is 12.6 Å². The molecule has 0 unspecified atom stereocenters. The second-order valence-electron chi connectivity index (χ2n) is 2.76. The lowest BCUT2D eigenvalue weighted by Gasteiger charge is -2.02. The summed E-state index contributed by atoms with van der Waals surface area (Å²) in [5.74, 6) is -0.158. The summed E-state index contributed by atoms with van der Waals surface area (Å²) in [7, 11) is 0. The van der Waals surface area contributed by atoms with Crippen LogP contribution in [0.4, 0.5) is 0 Å². The van der Waals surface area contributed by atoms with Crippen molar-refractivity contribution in [3.8, 4) is 0 Å². The first-order valence-corrected chi connectivity index (χ1v) is 4.79. The van der Waals surface area contributed by atoms with Crippen LogP contribution in [-0.2, 0) is 4.79 Å². The predicted octanol–water partition coefficient (Wildman–Crippen LogP) is 2.13. The smallest absolute Gasteiger partial charge is 0.256 e. The quantitative estimate of drug-likeness (QED) is 0.372. The van der Waals surface area contributed by atoms with Gasteiger partial charge in [-0.1, -0.05) is 32.8 Å². The minimum Gasteiger partial charge on any atom is -0.352 e. The third kappa shape index (κ3) is 6.28. The van der Waals surface area contributed by atoms with Crippen molar-refractivity contribution in [3.05, 3.63) is 11.5 Å². The molecule has 12 heavy (non-hydrogen) atoms. The standard InChI is InChI=1S/C9H17NOS/c1-3-4-5-6-7-10-9(11)8(2)12/h12H,2-7H2,1H3,(H,10,11). The zero-order valence-corrected chi connectivity index (χ0v) is 8.49. The molecule has 0 aliphatic carbocycles. The first-order chi connectivity index (χ1) is 5.68. The Bertz CT molecular complexity index is 157. The number of amides is 1. The summed E-state index contributed by atoms with van der Waals surface area (Å²) < 4.78 is 0. The number of thiol groups is 1. The van der Waals surface area contributed by atoms with Gasteiger partial charge in [-0.3, -0.25) is 4.79 Å². The number of carbonyl (C=O) groups is 1. The van der Waals surface area contributed by atoms with E-state index >= 15 is 0 Å². The monoisotopic (exact) mass is 187 g/mol. The van der Waals surface area contributed by atoms with Crippen molar-refractivity contribution in [2.45, 2.75) is 32.6 Å². The zero-order valence-electron chi connectivity index (χ0n) is 7.60. The Labute approximate surface area is 79.8 Å². The molecular weight excluding hydrogens is 170 g/mol.